The third-order valence-corrected chi connectivity index (χ3v) is 11.8. The number of benzene rings is 2. The van der Waals surface area contributed by atoms with Crippen LogP contribution < -0.4 is 9.47 Å². The Balaban J connectivity index is 1.10. The second-order valence-corrected chi connectivity index (χ2v) is 12.0. The van der Waals surface area contributed by atoms with Crippen molar-refractivity contribution in [3.63, 3.8) is 0 Å². The van der Waals surface area contributed by atoms with Gasteiger partial charge in [0.2, 0.25) is 0 Å². The maximum atomic E-state index is 12.7. The molecular weight excluding hydrogens is 426 g/mol. The number of nitriles is 1. The van der Waals surface area contributed by atoms with E-state index in [2.05, 4.69) is 42.5 Å². The minimum atomic E-state index is -0.485. The first-order valence-electron chi connectivity index (χ1n) is 12.9. The lowest BCUT2D eigenvalue weighted by atomic mass is 9.80. The fraction of sp³-hybridized carbons (Fsp3) is 0.517. The second-order valence-electron chi connectivity index (χ2n) is 12.0. The molecule has 8 atom stereocenters. The first kappa shape index (κ1) is 17.4. The van der Waals surface area contributed by atoms with Crippen LogP contribution in [-0.2, 0) is 9.53 Å². The Morgan fingerprint density at radius 1 is 0.912 bits per heavy atom. The van der Waals surface area contributed by atoms with Crippen molar-refractivity contribution >= 4 is 16.7 Å². The quantitative estimate of drug-likeness (QED) is 0.391. The highest BCUT2D eigenvalue weighted by Crippen LogP contribution is 2.95. The summed E-state index contributed by atoms with van der Waals surface area (Å²) in [5, 5.41) is 12.3. The summed E-state index contributed by atoms with van der Waals surface area (Å²) >= 11 is 0. The Morgan fingerprint density at radius 3 is 1.85 bits per heavy atom. The lowest BCUT2D eigenvalue weighted by Gasteiger charge is -2.30. The van der Waals surface area contributed by atoms with Gasteiger partial charge in [0.05, 0.1) is 6.61 Å². The molecule has 0 N–H and O–H groups in total. The van der Waals surface area contributed by atoms with Crippen molar-refractivity contribution in [2.24, 2.45) is 71.0 Å². The van der Waals surface area contributed by atoms with Crippen molar-refractivity contribution < 1.29 is 19.0 Å². The molecule has 1 heterocycles. The zero-order valence-corrected chi connectivity index (χ0v) is 18.7. The lowest BCUT2D eigenvalue weighted by molar-refractivity contribution is -0.138. The van der Waals surface area contributed by atoms with Gasteiger partial charge in [-0.1, -0.05) is 24.3 Å². The van der Waals surface area contributed by atoms with E-state index >= 15 is 0 Å². The molecule has 8 fully saturated rings. The van der Waals surface area contributed by atoms with Gasteiger partial charge in [-0.15, -0.1) is 0 Å². The lowest BCUT2D eigenvalue weighted by Crippen LogP contribution is -2.46. The zero-order valence-electron chi connectivity index (χ0n) is 18.7. The van der Waals surface area contributed by atoms with Crippen LogP contribution in [0.3, 0.4) is 0 Å². The van der Waals surface area contributed by atoms with Gasteiger partial charge in [0.1, 0.15) is 11.6 Å². The molecule has 8 aliphatic carbocycles. The molecule has 9 aliphatic rings. The third-order valence-electron chi connectivity index (χ3n) is 11.8. The van der Waals surface area contributed by atoms with Crippen LogP contribution in [0.1, 0.15) is 6.92 Å². The second kappa shape index (κ2) is 5.00. The Morgan fingerprint density at radius 2 is 1.41 bits per heavy atom. The smallest absolute Gasteiger partial charge is 0.348 e. The van der Waals surface area contributed by atoms with Gasteiger partial charge in [-0.05, 0) is 94.6 Å². The molecule has 0 amide bonds. The average molecular weight is 450 g/mol. The SMILES string of the molecule is CCOC(=O)C(C#N)=C1C2C3C4C1C1C2C2C3C3C4C1C2C31Oc2cc3ccccc3cc2O1. The van der Waals surface area contributed by atoms with Crippen molar-refractivity contribution in [3.8, 4) is 17.6 Å². The van der Waals surface area contributed by atoms with Gasteiger partial charge in [0, 0.05) is 11.8 Å². The minimum Gasteiger partial charge on any atom is -0.462 e. The van der Waals surface area contributed by atoms with Crippen molar-refractivity contribution in [1.82, 2.24) is 0 Å². The molecule has 11 rings (SSSR count). The largest absolute Gasteiger partial charge is 0.462 e. The highest BCUT2D eigenvalue weighted by Gasteiger charge is 2.97. The molecule has 1 spiro atoms. The maximum Gasteiger partial charge on any atom is 0.348 e. The van der Waals surface area contributed by atoms with Crippen LogP contribution in [0.25, 0.3) is 10.8 Å². The van der Waals surface area contributed by atoms with Gasteiger partial charge in [-0.2, -0.15) is 5.26 Å². The number of hydrogen-bond donors (Lipinski definition) is 0. The first-order valence-corrected chi connectivity index (χ1v) is 12.9. The molecule has 168 valence electrons. The standard InChI is InChI=1S/C29H23NO4/c1-2-32-28(31)12(9-30)15-16-18-20-17(15)21-19(16)23-22(18)26-24(20)25(21)27(23)29(26)33-13-7-10-5-3-4-6-11(10)8-14(13)34-29/h3-8,16-27H,2H2,1H3. The molecule has 8 unspecified atom stereocenters. The summed E-state index contributed by atoms with van der Waals surface area (Å²) < 4.78 is 19.1. The Hall–Kier alpha value is -3.00. The molecule has 2 aromatic carbocycles. The summed E-state index contributed by atoms with van der Waals surface area (Å²) in [5.74, 6) is 7.55. The number of fused-ring (bicyclic) bond motifs is 2. The van der Waals surface area contributed by atoms with Crippen LogP contribution in [0.15, 0.2) is 47.5 Å². The summed E-state index contributed by atoms with van der Waals surface area (Å²) in [6.45, 7) is 2.13. The van der Waals surface area contributed by atoms with Gasteiger partial charge < -0.3 is 14.2 Å². The van der Waals surface area contributed by atoms with E-state index in [1.807, 2.05) is 6.92 Å². The molecule has 0 radical (unpaired) electrons. The summed E-state index contributed by atoms with van der Waals surface area (Å²) in [6, 6.07) is 15.0. The summed E-state index contributed by atoms with van der Waals surface area (Å²) in [6.07, 6.45) is 0. The number of carbonyl (C=O) groups excluding carboxylic acids is 1. The predicted molar refractivity (Wildman–Crippen MR) is 119 cm³/mol. The highest BCUT2D eigenvalue weighted by molar-refractivity contribution is 5.94. The minimum absolute atomic E-state index is 0.319. The number of carbonyl (C=O) groups is 1. The molecule has 34 heavy (non-hydrogen) atoms. The molecule has 0 saturated heterocycles. The monoisotopic (exact) mass is 449 g/mol. The maximum absolute atomic E-state index is 12.7. The summed E-state index contributed by atoms with van der Waals surface area (Å²) in [5.41, 5.74) is 1.54. The summed E-state index contributed by atoms with van der Waals surface area (Å²) in [7, 11) is 0. The Kier molecular flexibility index (Phi) is 2.57. The fourth-order valence-corrected chi connectivity index (χ4v) is 12.0. The van der Waals surface area contributed by atoms with Crippen LogP contribution in [-0.4, -0.2) is 18.4 Å². The molecule has 0 aromatic heterocycles. The highest BCUT2D eigenvalue weighted by atomic mass is 16.7. The van der Waals surface area contributed by atoms with E-state index < -0.39 is 11.8 Å². The predicted octanol–water partition coefficient (Wildman–Crippen LogP) is 4.18. The van der Waals surface area contributed by atoms with E-state index in [1.165, 1.54) is 16.3 Å². The van der Waals surface area contributed by atoms with Crippen molar-refractivity contribution in [2.45, 2.75) is 12.7 Å². The summed E-state index contributed by atoms with van der Waals surface area (Å²) in [4.78, 5) is 12.7. The van der Waals surface area contributed by atoms with Gasteiger partial charge in [-0.25, -0.2) is 4.79 Å². The molecular formula is C29H23NO4. The topological polar surface area (TPSA) is 68.6 Å². The number of rotatable bonds is 2. The average Bonchev–Trinajstić information content (AvgIpc) is 3.63. The van der Waals surface area contributed by atoms with Gasteiger partial charge in [0.25, 0.3) is 5.79 Å². The van der Waals surface area contributed by atoms with Crippen LogP contribution >= 0.6 is 0 Å². The molecule has 1 aliphatic heterocycles. The van der Waals surface area contributed by atoms with Gasteiger partial charge >= 0.3 is 5.97 Å². The van der Waals surface area contributed by atoms with Crippen LogP contribution in [0.5, 0.6) is 11.5 Å². The number of nitrogens with zero attached hydrogens (tertiary/aromatic N) is 1. The van der Waals surface area contributed by atoms with E-state index in [1.54, 1.807) is 0 Å². The van der Waals surface area contributed by atoms with Crippen molar-refractivity contribution in [2.75, 3.05) is 6.61 Å². The van der Waals surface area contributed by atoms with Crippen molar-refractivity contribution in [1.29, 1.82) is 5.26 Å². The van der Waals surface area contributed by atoms with Crippen molar-refractivity contribution in [3.05, 3.63) is 47.5 Å². The van der Waals surface area contributed by atoms with E-state index in [9.17, 15) is 10.1 Å². The van der Waals surface area contributed by atoms with E-state index in [4.69, 9.17) is 14.2 Å². The van der Waals surface area contributed by atoms with E-state index in [0.717, 1.165) is 11.5 Å². The third kappa shape index (κ3) is 1.41. The Labute approximate surface area is 196 Å². The number of esters is 1. The van der Waals surface area contributed by atoms with Crippen LogP contribution in [0.2, 0.25) is 0 Å². The van der Waals surface area contributed by atoms with Crippen LogP contribution in [0.4, 0.5) is 0 Å². The normalized spacial score (nSPS) is 48.4. The number of hydrogen-bond acceptors (Lipinski definition) is 5. The number of allylic oxidation sites excluding steroid dienone is 1. The molecule has 5 nitrogen and oxygen atoms in total. The molecule has 5 heteroatoms. The molecule has 8 saturated carbocycles. The van der Waals surface area contributed by atoms with Crippen LogP contribution in [0, 0.1) is 82.3 Å². The zero-order chi connectivity index (χ0) is 22.2. The molecule has 4 bridgehead atoms. The van der Waals surface area contributed by atoms with Gasteiger partial charge in [-0.3, -0.25) is 0 Å². The van der Waals surface area contributed by atoms with E-state index in [-0.39, 0.29) is 0 Å². The van der Waals surface area contributed by atoms with E-state index in [0.29, 0.717) is 83.2 Å². The fourth-order valence-electron chi connectivity index (χ4n) is 12.0. The van der Waals surface area contributed by atoms with Gasteiger partial charge in [0.15, 0.2) is 11.5 Å². The number of ether oxygens (including phenoxy) is 3. The first-order chi connectivity index (χ1) is 16.7. The molecule has 2 aromatic rings. The Bertz CT molecular complexity index is 1350.